The molecule has 0 bridgehead atoms. The molecule has 0 atom stereocenters. The lowest BCUT2D eigenvalue weighted by Crippen LogP contribution is -2.00. The van der Waals surface area contributed by atoms with E-state index in [4.69, 9.17) is 19.9 Å². The average Bonchev–Trinajstić information content (AvgIpc) is 3.18. The van der Waals surface area contributed by atoms with Gasteiger partial charge in [0.05, 0.1) is 5.52 Å². The quantitative estimate of drug-likeness (QED) is 0.181. The summed E-state index contributed by atoms with van der Waals surface area (Å²) in [7, 11) is 0. The Kier molecular flexibility index (Phi) is 6.76. The van der Waals surface area contributed by atoms with Gasteiger partial charge in [-0.2, -0.15) is 0 Å². The van der Waals surface area contributed by atoms with Gasteiger partial charge in [-0.15, -0.1) is 0 Å². The van der Waals surface area contributed by atoms with E-state index in [2.05, 4.69) is 121 Å². The third-order valence-corrected chi connectivity index (χ3v) is 8.96. The standard InChI is InChI=1S/C44H28N4/c1-3-10-29(11-4-1)35-15-7-16-36(28-35)44-47-42(33-12-5-2-6-13-33)46-43(48-44)34-21-19-30(20-22-34)37-18-8-14-31-23-26-39-38(40(31)37)25-24-32-17-9-27-45-41(32)39/h1-28H. The first-order chi connectivity index (χ1) is 23.8. The second kappa shape index (κ2) is 11.7. The zero-order valence-electron chi connectivity index (χ0n) is 26.0. The lowest BCUT2D eigenvalue weighted by molar-refractivity contribution is 1.07. The van der Waals surface area contributed by atoms with Crippen LogP contribution in [0.1, 0.15) is 0 Å². The number of hydrogen-bond acceptors (Lipinski definition) is 4. The van der Waals surface area contributed by atoms with Crippen LogP contribution in [0.5, 0.6) is 0 Å². The molecule has 48 heavy (non-hydrogen) atoms. The Labute approximate surface area is 278 Å². The number of fused-ring (bicyclic) bond motifs is 5. The van der Waals surface area contributed by atoms with Gasteiger partial charge in [-0.05, 0) is 50.5 Å². The van der Waals surface area contributed by atoms with E-state index in [9.17, 15) is 0 Å². The fourth-order valence-electron chi connectivity index (χ4n) is 6.60. The lowest BCUT2D eigenvalue weighted by Gasteiger charge is -2.13. The van der Waals surface area contributed by atoms with E-state index >= 15 is 0 Å². The van der Waals surface area contributed by atoms with Crippen LogP contribution in [0.3, 0.4) is 0 Å². The van der Waals surface area contributed by atoms with Crippen LogP contribution in [-0.2, 0) is 0 Å². The highest BCUT2D eigenvalue weighted by Gasteiger charge is 2.15. The first-order valence-electron chi connectivity index (χ1n) is 16.1. The van der Waals surface area contributed by atoms with Crippen molar-refractivity contribution in [2.45, 2.75) is 0 Å². The molecule has 0 radical (unpaired) electrons. The first kappa shape index (κ1) is 27.8. The second-order valence-corrected chi connectivity index (χ2v) is 11.9. The molecule has 9 aromatic rings. The van der Waals surface area contributed by atoms with Gasteiger partial charge in [0, 0.05) is 33.7 Å². The highest BCUT2D eigenvalue weighted by atomic mass is 15.0. The molecule has 0 unspecified atom stereocenters. The summed E-state index contributed by atoms with van der Waals surface area (Å²) in [6, 6.07) is 56.8. The van der Waals surface area contributed by atoms with Gasteiger partial charge in [0.25, 0.3) is 0 Å². The molecule has 7 aromatic carbocycles. The minimum absolute atomic E-state index is 0.636. The Bertz CT molecular complexity index is 2600. The molecule has 0 spiro atoms. The van der Waals surface area contributed by atoms with Crippen molar-refractivity contribution in [2.24, 2.45) is 0 Å². The SMILES string of the molecule is c1ccc(-c2cccc(-c3nc(-c4ccccc4)nc(-c4ccc(-c5cccc6ccc7c(ccc8cccnc87)c56)cc4)n3)c2)cc1. The minimum atomic E-state index is 0.636. The molecule has 0 saturated heterocycles. The third kappa shape index (κ3) is 4.97. The topological polar surface area (TPSA) is 51.6 Å². The predicted molar refractivity (Wildman–Crippen MR) is 197 cm³/mol. The summed E-state index contributed by atoms with van der Waals surface area (Å²) in [5.74, 6) is 1.92. The smallest absolute Gasteiger partial charge is 0.164 e. The van der Waals surface area contributed by atoms with E-state index in [0.29, 0.717) is 17.5 Å². The summed E-state index contributed by atoms with van der Waals surface area (Å²) in [6.45, 7) is 0. The molecule has 2 aromatic heterocycles. The van der Waals surface area contributed by atoms with Gasteiger partial charge >= 0.3 is 0 Å². The monoisotopic (exact) mass is 612 g/mol. The number of nitrogens with zero attached hydrogens (tertiary/aromatic N) is 4. The van der Waals surface area contributed by atoms with Gasteiger partial charge < -0.3 is 0 Å². The maximum atomic E-state index is 5.03. The minimum Gasteiger partial charge on any atom is -0.256 e. The van der Waals surface area contributed by atoms with E-state index in [1.54, 1.807) is 0 Å². The van der Waals surface area contributed by atoms with Crippen molar-refractivity contribution in [2.75, 3.05) is 0 Å². The zero-order valence-corrected chi connectivity index (χ0v) is 26.0. The maximum absolute atomic E-state index is 5.03. The van der Waals surface area contributed by atoms with Gasteiger partial charge in [0.15, 0.2) is 17.5 Å². The molecular weight excluding hydrogens is 585 g/mol. The number of rotatable bonds is 5. The number of benzene rings is 7. The zero-order chi connectivity index (χ0) is 31.9. The summed E-state index contributed by atoms with van der Waals surface area (Å²) in [4.78, 5) is 19.7. The van der Waals surface area contributed by atoms with Gasteiger partial charge in [-0.1, -0.05) is 152 Å². The van der Waals surface area contributed by atoms with Crippen molar-refractivity contribution >= 4 is 32.4 Å². The number of aromatic nitrogens is 4. The molecule has 4 heteroatoms. The molecule has 0 saturated carbocycles. The molecule has 224 valence electrons. The molecule has 9 rings (SSSR count). The molecule has 0 aliphatic rings. The summed E-state index contributed by atoms with van der Waals surface area (Å²) in [5, 5.41) is 5.93. The number of hydrogen-bond donors (Lipinski definition) is 0. The first-order valence-corrected chi connectivity index (χ1v) is 16.1. The highest BCUT2D eigenvalue weighted by Crippen LogP contribution is 2.37. The largest absolute Gasteiger partial charge is 0.256 e. The second-order valence-electron chi connectivity index (χ2n) is 11.9. The molecule has 0 aliphatic heterocycles. The highest BCUT2D eigenvalue weighted by molar-refractivity contribution is 6.20. The fourth-order valence-corrected chi connectivity index (χ4v) is 6.60. The summed E-state index contributed by atoms with van der Waals surface area (Å²) >= 11 is 0. The maximum Gasteiger partial charge on any atom is 0.164 e. The molecule has 4 nitrogen and oxygen atoms in total. The van der Waals surface area contributed by atoms with Gasteiger partial charge in [0.2, 0.25) is 0 Å². The molecule has 0 fully saturated rings. The van der Waals surface area contributed by atoms with Crippen molar-refractivity contribution in [1.29, 1.82) is 0 Å². The summed E-state index contributed by atoms with van der Waals surface area (Å²) in [6.07, 6.45) is 1.87. The Morgan fingerprint density at radius 1 is 0.333 bits per heavy atom. The normalized spacial score (nSPS) is 11.3. The van der Waals surface area contributed by atoms with Crippen LogP contribution in [-0.4, -0.2) is 19.9 Å². The summed E-state index contributed by atoms with van der Waals surface area (Å²) < 4.78 is 0. The van der Waals surface area contributed by atoms with Crippen molar-refractivity contribution in [3.63, 3.8) is 0 Å². The van der Waals surface area contributed by atoms with Crippen molar-refractivity contribution in [1.82, 2.24) is 19.9 Å². The van der Waals surface area contributed by atoms with Crippen molar-refractivity contribution in [3.05, 3.63) is 170 Å². The molecule has 0 amide bonds. The van der Waals surface area contributed by atoms with Crippen molar-refractivity contribution in [3.8, 4) is 56.4 Å². The van der Waals surface area contributed by atoms with Gasteiger partial charge in [0.1, 0.15) is 0 Å². The Balaban J connectivity index is 1.16. The van der Waals surface area contributed by atoms with Crippen LogP contribution in [0, 0.1) is 0 Å². The van der Waals surface area contributed by atoms with E-state index in [1.807, 2.05) is 48.7 Å². The molecule has 0 N–H and O–H groups in total. The Morgan fingerprint density at radius 2 is 0.896 bits per heavy atom. The Morgan fingerprint density at radius 3 is 1.67 bits per heavy atom. The molecule has 0 aliphatic carbocycles. The van der Waals surface area contributed by atoms with Crippen molar-refractivity contribution < 1.29 is 0 Å². The fraction of sp³-hybridized carbons (Fsp3) is 0. The van der Waals surface area contributed by atoms with Crippen LogP contribution < -0.4 is 0 Å². The van der Waals surface area contributed by atoms with E-state index in [1.165, 1.54) is 21.7 Å². The lowest BCUT2D eigenvalue weighted by atomic mass is 9.92. The van der Waals surface area contributed by atoms with E-state index in [0.717, 1.165) is 49.7 Å². The van der Waals surface area contributed by atoms with Crippen LogP contribution in [0.25, 0.3) is 88.9 Å². The van der Waals surface area contributed by atoms with E-state index in [-0.39, 0.29) is 0 Å². The predicted octanol–water partition coefficient (Wildman–Crippen LogP) is 11.1. The molecule has 2 heterocycles. The average molecular weight is 613 g/mol. The van der Waals surface area contributed by atoms with Crippen LogP contribution in [0.2, 0.25) is 0 Å². The summed E-state index contributed by atoms with van der Waals surface area (Å²) in [5.41, 5.74) is 8.42. The number of pyridine rings is 1. The van der Waals surface area contributed by atoms with Gasteiger partial charge in [-0.25, -0.2) is 15.0 Å². The van der Waals surface area contributed by atoms with Crippen LogP contribution >= 0.6 is 0 Å². The van der Waals surface area contributed by atoms with Gasteiger partial charge in [-0.3, -0.25) is 4.98 Å². The Hall–Kier alpha value is -6.52. The van der Waals surface area contributed by atoms with Crippen LogP contribution in [0.4, 0.5) is 0 Å². The molecular formula is C44H28N4. The third-order valence-electron chi connectivity index (χ3n) is 8.96. The van der Waals surface area contributed by atoms with E-state index < -0.39 is 0 Å². The van der Waals surface area contributed by atoms with Crippen LogP contribution in [0.15, 0.2) is 170 Å².